The van der Waals surface area contributed by atoms with Gasteiger partial charge in [-0.15, -0.1) is 0 Å². The lowest BCUT2D eigenvalue weighted by Crippen LogP contribution is -2.37. The minimum absolute atomic E-state index is 0.633. The molecule has 4 nitrogen and oxygen atoms in total. The summed E-state index contributed by atoms with van der Waals surface area (Å²) in [5.74, 6) is 1.06. The fraction of sp³-hybridized carbons (Fsp3) is 0.714. The highest BCUT2D eigenvalue weighted by Crippen LogP contribution is 2.25. The van der Waals surface area contributed by atoms with Crippen LogP contribution in [0.25, 0.3) is 0 Å². The first-order valence-corrected chi connectivity index (χ1v) is 7.14. The monoisotopic (exact) mass is 248 g/mol. The Labute approximate surface area is 110 Å². The van der Waals surface area contributed by atoms with Gasteiger partial charge in [0.15, 0.2) is 0 Å². The van der Waals surface area contributed by atoms with E-state index in [0.29, 0.717) is 6.04 Å². The molecule has 1 fully saturated rings. The van der Waals surface area contributed by atoms with Crippen molar-refractivity contribution in [2.45, 2.75) is 51.0 Å². The van der Waals surface area contributed by atoms with E-state index in [-0.39, 0.29) is 0 Å². The van der Waals surface area contributed by atoms with Gasteiger partial charge in [-0.1, -0.05) is 25.7 Å². The average Bonchev–Trinajstić information content (AvgIpc) is 2.70. The molecule has 1 aliphatic rings. The predicted molar refractivity (Wildman–Crippen MR) is 74.5 cm³/mol. The van der Waals surface area contributed by atoms with E-state index in [1.54, 1.807) is 6.33 Å². The summed E-state index contributed by atoms with van der Waals surface area (Å²) in [5, 5.41) is 0. The number of nitrogens with zero attached hydrogens (tertiary/aromatic N) is 3. The maximum atomic E-state index is 5.66. The molecule has 1 saturated carbocycles. The molecule has 1 aromatic heterocycles. The Bertz CT molecular complexity index is 320. The van der Waals surface area contributed by atoms with Gasteiger partial charge in [0, 0.05) is 18.8 Å². The molecule has 0 spiro atoms. The molecule has 0 atom stereocenters. The van der Waals surface area contributed by atoms with Crippen molar-refractivity contribution in [3.63, 3.8) is 0 Å². The first-order valence-electron chi connectivity index (χ1n) is 7.14. The van der Waals surface area contributed by atoms with Crippen molar-refractivity contribution < 1.29 is 0 Å². The third-order valence-corrected chi connectivity index (χ3v) is 3.73. The van der Waals surface area contributed by atoms with Crippen molar-refractivity contribution in [2.75, 3.05) is 18.0 Å². The van der Waals surface area contributed by atoms with Crippen LogP contribution in [0.4, 0.5) is 5.82 Å². The first-order chi connectivity index (χ1) is 8.92. The zero-order valence-electron chi connectivity index (χ0n) is 11.1. The maximum absolute atomic E-state index is 5.66. The highest BCUT2D eigenvalue weighted by molar-refractivity contribution is 5.38. The number of nitrogens with two attached hydrogens (primary N) is 1. The summed E-state index contributed by atoms with van der Waals surface area (Å²) in [5.41, 5.74) is 5.66. The Hall–Kier alpha value is -1.16. The van der Waals surface area contributed by atoms with Crippen LogP contribution in [0.5, 0.6) is 0 Å². The quantitative estimate of drug-likeness (QED) is 0.813. The molecule has 1 aromatic rings. The standard InChI is InChI=1S/C14H24N4/c15-9-5-11-18(14-8-10-16-12-17-14)13-6-3-1-2-4-7-13/h8,10,12-13H,1-7,9,11,15H2. The maximum Gasteiger partial charge on any atom is 0.132 e. The Balaban J connectivity index is 2.08. The molecule has 2 rings (SSSR count). The number of hydrogen-bond acceptors (Lipinski definition) is 4. The van der Waals surface area contributed by atoms with E-state index in [1.165, 1.54) is 38.5 Å². The number of anilines is 1. The van der Waals surface area contributed by atoms with E-state index in [2.05, 4.69) is 14.9 Å². The SMILES string of the molecule is NCCCN(c1ccncn1)C1CCCCCC1. The zero-order valence-corrected chi connectivity index (χ0v) is 11.1. The summed E-state index contributed by atoms with van der Waals surface area (Å²) < 4.78 is 0. The summed E-state index contributed by atoms with van der Waals surface area (Å²) in [4.78, 5) is 10.9. The largest absolute Gasteiger partial charge is 0.353 e. The smallest absolute Gasteiger partial charge is 0.132 e. The van der Waals surface area contributed by atoms with Crippen LogP contribution < -0.4 is 10.6 Å². The van der Waals surface area contributed by atoms with Gasteiger partial charge in [0.05, 0.1) is 0 Å². The number of hydrogen-bond donors (Lipinski definition) is 1. The minimum Gasteiger partial charge on any atom is -0.353 e. The van der Waals surface area contributed by atoms with Gasteiger partial charge < -0.3 is 10.6 Å². The second kappa shape index (κ2) is 7.31. The average molecular weight is 248 g/mol. The van der Waals surface area contributed by atoms with Crippen molar-refractivity contribution in [3.8, 4) is 0 Å². The van der Waals surface area contributed by atoms with Crippen LogP contribution >= 0.6 is 0 Å². The highest BCUT2D eigenvalue weighted by Gasteiger charge is 2.20. The first kappa shape index (κ1) is 13.3. The van der Waals surface area contributed by atoms with Crippen molar-refractivity contribution in [1.29, 1.82) is 0 Å². The minimum atomic E-state index is 0.633. The second-order valence-electron chi connectivity index (χ2n) is 5.05. The Kier molecular flexibility index (Phi) is 5.39. The Morgan fingerprint density at radius 2 is 2.00 bits per heavy atom. The molecular weight excluding hydrogens is 224 g/mol. The van der Waals surface area contributed by atoms with Crippen LogP contribution in [0.15, 0.2) is 18.6 Å². The fourth-order valence-electron chi connectivity index (χ4n) is 2.77. The summed E-state index contributed by atoms with van der Waals surface area (Å²) in [6.45, 7) is 1.76. The topological polar surface area (TPSA) is 55.0 Å². The third-order valence-electron chi connectivity index (χ3n) is 3.73. The Morgan fingerprint density at radius 3 is 2.61 bits per heavy atom. The zero-order chi connectivity index (χ0) is 12.6. The van der Waals surface area contributed by atoms with Crippen molar-refractivity contribution in [2.24, 2.45) is 5.73 Å². The van der Waals surface area contributed by atoms with Gasteiger partial charge in [-0.05, 0) is 31.9 Å². The number of rotatable bonds is 5. The normalized spacial score (nSPS) is 17.4. The fourth-order valence-corrected chi connectivity index (χ4v) is 2.77. The van der Waals surface area contributed by atoms with E-state index >= 15 is 0 Å². The molecule has 1 aliphatic carbocycles. The molecule has 0 aromatic carbocycles. The van der Waals surface area contributed by atoms with E-state index in [0.717, 1.165) is 25.3 Å². The Morgan fingerprint density at radius 1 is 1.22 bits per heavy atom. The van der Waals surface area contributed by atoms with Crippen LogP contribution in [-0.4, -0.2) is 29.1 Å². The molecular formula is C14H24N4. The summed E-state index contributed by atoms with van der Waals surface area (Å²) in [7, 11) is 0. The molecule has 0 bridgehead atoms. The number of aromatic nitrogens is 2. The van der Waals surface area contributed by atoms with Crippen LogP contribution in [0.1, 0.15) is 44.9 Å². The lowest BCUT2D eigenvalue weighted by molar-refractivity contribution is 0.514. The van der Waals surface area contributed by atoms with Crippen LogP contribution in [0, 0.1) is 0 Å². The molecule has 0 amide bonds. The van der Waals surface area contributed by atoms with Gasteiger partial charge >= 0.3 is 0 Å². The van der Waals surface area contributed by atoms with Gasteiger partial charge in [-0.2, -0.15) is 0 Å². The van der Waals surface area contributed by atoms with E-state index in [9.17, 15) is 0 Å². The van der Waals surface area contributed by atoms with Crippen molar-refractivity contribution >= 4 is 5.82 Å². The molecule has 2 N–H and O–H groups in total. The van der Waals surface area contributed by atoms with Gasteiger partial charge in [-0.3, -0.25) is 0 Å². The van der Waals surface area contributed by atoms with E-state index in [1.807, 2.05) is 12.3 Å². The molecule has 4 heteroatoms. The predicted octanol–water partition coefficient (Wildman–Crippen LogP) is 2.35. The molecule has 18 heavy (non-hydrogen) atoms. The van der Waals surface area contributed by atoms with Crippen LogP contribution in [0.2, 0.25) is 0 Å². The molecule has 0 aliphatic heterocycles. The van der Waals surface area contributed by atoms with Crippen molar-refractivity contribution in [1.82, 2.24) is 9.97 Å². The lowest BCUT2D eigenvalue weighted by Gasteiger charge is -2.32. The summed E-state index contributed by atoms with van der Waals surface area (Å²) in [6.07, 6.45) is 12.5. The summed E-state index contributed by atoms with van der Waals surface area (Å²) >= 11 is 0. The van der Waals surface area contributed by atoms with Gasteiger partial charge in [0.1, 0.15) is 12.1 Å². The van der Waals surface area contributed by atoms with E-state index in [4.69, 9.17) is 5.73 Å². The van der Waals surface area contributed by atoms with Crippen LogP contribution in [-0.2, 0) is 0 Å². The lowest BCUT2D eigenvalue weighted by atomic mass is 10.1. The van der Waals surface area contributed by atoms with Gasteiger partial charge in [0.25, 0.3) is 0 Å². The highest BCUT2D eigenvalue weighted by atomic mass is 15.2. The van der Waals surface area contributed by atoms with Crippen molar-refractivity contribution in [3.05, 3.63) is 18.6 Å². The van der Waals surface area contributed by atoms with E-state index < -0.39 is 0 Å². The van der Waals surface area contributed by atoms with Gasteiger partial charge in [0.2, 0.25) is 0 Å². The summed E-state index contributed by atoms with van der Waals surface area (Å²) in [6, 6.07) is 2.65. The molecule has 0 saturated heterocycles. The third kappa shape index (κ3) is 3.67. The second-order valence-corrected chi connectivity index (χ2v) is 5.05. The molecule has 0 radical (unpaired) electrons. The molecule has 0 unspecified atom stereocenters. The van der Waals surface area contributed by atoms with Gasteiger partial charge in [-0.25, -0.2) is 9.97 Å². The molecule has 1 heterocycles. The van der Waals surface area contributed by atoms with Crippen LogP contribution in [0.3, 0.4) is 0 Å². The molecule has 100 valence electrons.